The molecule has 0 bridgehead atoms. The zero-order valence-electron chi connectivity index (χ0n) is 13.4. The Kier molecular flexibility index (Phi) is 4.90. The van der Waals surface area contributed by atoms with Crippen molar-refractivity contribution in [3.05, 3.63) is 42.4 Å². The molecule has 0 spiro atoms. The molecular weight excluding hydrogens is 276 g/mol. The minimum Gasteiger partial charge on any atom is -0.381 e. The lowest BCUT2D eigenvalue weighted by Gasteiger charge is -2.22. The van der Waals surface area contributed by atoms with Crippen LogP contribution in [-0.4, -0.2) is 29.9 Å². The van der Waals surface area contributed by atoms with Gasteiger partial charge < -0.3 is 14.0 Å². The molecule has 0 amide bonds. The highest BCUT2D eigenvalue weighted by Gasteiger charge is 2.24. The predicted molar refractivity (Wildman–Crippen MR) is 86.8 cm³/mol. The van der Waals surface area contributed by atoms with Crippen LogP contribution in [0.3, 0.4) is 0 Å². The van der Waals surface area contributed by atoms with Crippen molar-refractivity contribution >= 4 is 0 Å². The van der Waals surface area contributed by atoms with Crippen molar-refractivity contribution < 1.29 is 9.47 Å². The van der Waals surface area contributed by atoms with Gasteiger partial charge in [-0.25, -0.2) is 4.98 Å². The molecule has 0 saturated carbocycles. The normalized spacial score (nSPS) is 20.5. The summed E-state index contributed by atoms with van der Waals surface area (Å²) in [7, 11) is 1.76. The largest absolute Gasteiger partial charge is 0.381 e. The maximum absolute atomic E-state index is 5.63. The van der Waals surface area contributed by atoms with E-state index in [1.54, 1.807) is 7.11 Å². The summed E-state index contributed by atoms with van der Waals surface area (Å²) in [6.45, 7) is 3.78. The Balaban J connectivity index is 2.01. The van der Waals surface area contributed by atoms with Gasteiger partial charge in [-0.15, -0.1) is 0 Å². The molecule has 2 aromatic rings. The van der Waals surface area contributed by atoms with Gasteiger partial charge in [-0.3, -0.25) is 0 Å². The number of ether oxygens (including phenoxy) is 2. The molecule has 0 radical (unpaired) electrons. The predicted octanol–water partition coefficient (Wildman–Crippen LogP) is 4.00. The second kappa shape index (κ2) is 7.07. The van der Waals surface area contributed by atoms with Gasteiger partial charge in [-0.05, 0) is 26.2 Å². The second-order valence-electron chi connectivity index (χ2n) is 5.83. The van der Waals surface area contributed by atoms with Crippen LogP contribution < -0.4 is 0 Å². The zero-order valence-corrected chi connectivity index (χ0v) is 13.4. The van der Waals surface area contributed by atoms with Gasteiger partial charge in [-0.2, -0.15) is 0 Å². The van der Waals surface area contributed by atoms with Crippen LogP contribution in [0.4, 0.5) is 0 Å². The number of imidazole rings is 1. The fourth-order valence-corrected chi connectivity index (χ4v) is 3.16. The van der Waals surface area contributed by atoms with Gasteiger partial charge in [-0.1, -0.05) is 30.3 Å². The Morgan fingerprint density at radius 1 is 1.23 bits per heavy atom. The molecule has 4 heteroatoms. The van der Waals surface area contributed by atoms with E-state index in [2.05, 4.69) is 35.8 Å². The van der Waals surface area contributed by atoms with Gasteiger partial charge in [0.25, 0.3) is 0 Å². The first kappa shape index (κ1) is 15.3. The topological polar surface area (TPSA) is 36.3 Å². The second-order valence-corrected chi connectivity index (χ2v) is 5.83. The summed E-state index contributed by atoms with van der Waals surface area (Å²) in [6.07, 6.45) is 5.26. The molecule has 3 rings (SSSR count). The Labute approximate surface area is 132 Å². The minimum atomic E-state index is 0.0156. The summed E-state index contributed by atoms with van der Waals surface area (Å²) in [4.78, 5) is 4.70. The van der Waals surface area contributed by atoms with Crippen LogP contribution in [0.5, 0.6) is 0 Å². The average Bonchev–Trinajstić information content (AvgIpc) is 2.83. The van der Waals surface area contributed by atoms with Gasteiger partial charge in [0, 0.05) is 31.9 Å². The molecule has 1 aliphatic rings. The molecule has 118 valence electrons. The first-order valence-corrected chi connectivity index (χ1v) is 8.04. The standard InChI is InChI=1S/C18H24N2O2/c1-14(21-2)18-17(15-7-4-3-5-8-15)19-13-20(18)16-9-6-11-22-12-10-16/h3-5,7-8,13-14,16H,6,9-12H2,1-2H3. The van der Waals surface area contributed by atoms with Gasteiger partial charge in [0.05, 0.1) is 23.8 Å². The van der Waals surface area contributed by atoms with E-state index in [9.17, 15) is 0 Å². The third kappa shape index (κ3) is 3.08. The van der Waals surface area contributed by atoms with E-state index in [0.717, 1.165) is 43.7 Å². The van der Waals surface area contributed by atoms with Crippen molar-refractivity contribution in [3.8, 4) is 11.3 Å². The van der Waals surface area contributed by atoms with Crippen LogP contribution in [0, 0.1) is 0 Å². The third-order valence-electron chi connectivity index (χ3n) is 4.43. The number of benzene rings is 1. The molecule has 1 aliphatic heterocycles. The Morgan fingerprint density at radius 3 is 2.82 bits per heavy atom. The van der Waals surface area contributed by atoms with Crippen molar-refractivity contribution in [2.45, 2.75) is 38.3 Å². The highest BCUT2D eigenvalue weighted by atomic mass is 16.5. The maximum atomic E-state index is 5.63. The number of nitrogens with zero attached hydrogens (tertiary/aromatic N) is 2. The summed E-state index contributed by atoms with van der Waals surface area (Å²) in [5.74, 6) is 0. The van der Waals surface area contributed by atoms with Crippen LogP contribution in [0.1, 0.15) is 44.0 Å². The van der Waals surface area contributed by atoms with Crippen LogP contribution in [0.15, 0.2) is 36.7 Å². The fourth-order valence-electron chi connectivity index (χ4n) is 3.16. The Bertz CT molecular complexity index is 586. The van der Waals surface area contributed by atoms with E-state index < -0.39 is 0 Å². The van der Waals surface area contributed by atoms with Crippen molar-refractivity contribution in [1.29, 1.82) is 0 Å². The summed E-state index contributed by atoms with van der Waals surface area (Å²) in [6, 6.07) is 10.8. The molecular formula is C18H24N2O2. The fraction of sp³-hybridized carbons (Fsp3) is 0.500. The quantitative estimate of drug-likeness (QED) is 0.856. The lowest BCUT2D eigenvalue weighted by molar-refractivity contribution is 0.110. The molecule has 4 nitrogen and oxygen atoms in total. The molecule has 2 heterocycles. The van der Waals surface area contributed by atoms with Crippen molar-refractivity contribution in [2.75, 3.05) is 20.3 Å². The van der Waals surface area contributed by atoms with E-state index >= 15 is 0 Å². The molecule has 1 aromatic carbocycles. The highest BCUT2D eigenvalue weighted by molar-refractivity contribution is 5.62. The van der Waals surface area contributed by atoms with E-state index in [-0.39, 0.29) is 6.10 Å². The molecule has 0 aliphatic carbocycles. The molecule has 1 saturated heterocycles. The van der Waals surface area contributed by atoms with Crippen LogP contribution in [-0.2, 0) is 9.47 Å². The Hall–Kier alpha value is -1.65. The van der Waals surface area contributed by atoms with E-state index in [1.165, 1.54) is 5.69 Å². The SMILES string of the molecule is COC(C)c1c(-c2ccccc2)ncn1C1CCCOCC1. The van der Waals surface area contributed by atoms with Crippen molar-refractivity contribution in [2.24, 2.45) is 0 Å². The monoisotopic (exact) mass is 300 g/mol. The van der Waals surface area contributed by atoms with E-state index in [1.807, 2.05) is 12.4 Å². The summed E-state index contributed by atoms with van der Waals surface area (Å²) in [5.41, 5.74) is 3.34. The van der Waals surface area contributed by atoms with Gasteiger partial charge >= 0.3 is 0 Å². The van der Waals surface area contributed by atoms with E-state index in [4.69, 9.17) is 14.5 Å². The summed E-state index contributed by atoms with van der Waals surface area (Å²) < 4.78 is 13.5. The molecule has 22 heavy (non-hydrogen) atoms. The number of hydrogen-bond donors (Lipinski definition) is 0. The van der Waals surface area contributed by atoms with Crippen LogP contribution in [0.25, 0.3) is 11.3 Å². The van der Waals surface area contributed by atoms with Gasteiger partial charge in [0.15, 0.2) is 0 Å². The minimum absolute atomic E-state index is 0.0156. The number of rotatable bonds is 4. The van der Waals surface area contributed by atoms with Crippen LogP contribution in [0.2, 0.25) is 0 Å². The van der Waals surface area contributed by atoms with Crippen LogP contribution >= 0.6 is 0 Å². The van der Waals surface area contributed by atoms with Crippen molar-refractivity contribution in [1.82, 2.24) is 9.55 Å². The van der Waals surface area contributed by atoms with Gasteiger partial charge in [0.1, 0.15) is 0 Å². The lowest BCUT2D eigenvalue weighted by atomic mass is 10.0. The first-order chi connectivity index (χ1) is 10.8. The van der Waals surface area contributed by atoms with E-state index in [0.29, 0.717) is 6.04 Å². The smallest absolute Gasteiger partial charge is 0.0965 e. The maximum Gasteiger partial charge on any atom is 0.0965 e. The number of aromatic nitrogens is 2. The molecule has 2 atom stereocenters. The molecule has 2 unspecified atom stereocenters. The number of methoxy groups -OCH3 is 1. The highest BCUT2D eigenvalue weighted by Crippen LogP contribution is 2.33. The van der Waals surface area contributed by atoms with Crippen molar-refractivity contribution in [3.63, 3.8) is 0 Å². The molecule has 1 aromatic heterocycles. The lowest BCUT2D eigenvalue weighted by Crippen LogP contribution is -2.14. The summed E-state index contributed by atoms with van der Waals surface area (Å²) >= 11 is 0. The van der Waals surface area contributed by atoms with Gasteiger partial charge in [0.2, 0.25) is 0 Å². The molecule has 0 N–H and O–H groups in total. The Morgan fingerprint density at radius 2 is 2.05 bits per heavy atom. The first-order valence-electron chi connectivity index (χ1n) is 8.04. The summed E-state index contributed by atoms with van der Waals surface area (Å²) in [5, 5.41) is 0. The molecule has 1 fully saturated rings. The zero-order chi connectivity index (χ0) is 15.4. The third-order valence-corrected chi connectivity index (χ3v) is 4.43. The average molecular weight is 300 g/mol. The number of hydrogen-bond acceptors (Lipinski definition) is 3.